The van der Waals surface area contributed by atoms with Gasteiger partial charge in [-0.25, -0.2) is 0 Å². The van der Waals surface area contributed by atoms with E-state index in [9.17, 15) is 20.0 Å². The number of hydrogen-bond acceptors (Lipinski definition) is 7. The fraction of sp³-hybridized carbons (Fsp3) is 0.238. The van der Waals surface area contributed by atoms with Crippen molar-refractivity contribution in [1.82, 2.24) is 10.3 Å². The predicted octanol–water partition coefficient (Wildman–Crippen LogP) is 3.48. The van der Waals surface area contributed by atoms with Crippen LogP contribution in [0.5, 0.6) is 17.2 Å². The van der Waals surface area contributed by atoms with Crippen LogP contribution < -0.4 is 14.8 Å². The molecule has 9 nitrogen and oxygen atoms in total. The molecule has 2 aromatic carbocycles. The van der Waals surface area contributed by atoms with Gasteiger partial charge < -0.3 is 19.9 Å². The number of nitro groups is 1. The molecule has 0 aliphatic carbocycles. The number of nitrogens with zero attached hydrogens (tertiary/aromatic N) is 2. The van der Waals surface area contributed by atoms with Crippen LogP contribution >= 0.6 is 0 Å². The molecule has 156 valence electrons. The molecule has 9 heteroatoms. The van der Waals surface area contributed by atoms with Gasteiger partial charge in [0.15, 0.2) is 11.5 Å². The average Bonchev–Trinajstić information content (AvgIpc) is 2.77. The minimum atomic E-state index is -0.873. The van der Waals surface area contributed by atoms with Gasteiger partial charge in [0.1, 0.15) is 11.3 Å². The van der Waals surface area contributed by atoms with Crippen molar-refractivity contribution in [3.63, 3.8) is 0 Å². The molecule has 0 bridgehead atoms. The summed E-state index contributed by atoms with van der Waals surface area (Å²) in [5.41, 5.74) is 0.566. The first kappa shape index (κ1) is 20.8. The third kappa shape index (κ3) is 3.82. The van der Waals surface area contributed by atoms with E-state index < -0.39 is 11.0 Å². The number of methoxy groups -OCH3 is 2. The standard InChI is InChI=1S/C21H21N3O6/c1-4-18(25)23-19(12-7-8-16(29-2)17(10-12)30-3)14-11-15(24(27)28)13-6-5-9-22-20(13)21(14)26/h5-11,19,26H,4H2,1-3H3,(H,23,25)/t19-/m1/s1. The van der Waals surface area contributed by atoms with Gasteiger partial charge in [-0.15, -0.1) is 0 Å². The van der Waals surface area contributed by atoms with Crippen molar-refractivity contribution < 1.29 is 24.3 Å². The molecule has 1 aromatic heterocycles. The first-order chi connectivity index (χ1) is 14.4. The second kappa shape index (κ2) is 8.64. The number of fused-ring (bicyclic) bond motifs is 1. The van der Waals surface area contributed by atoms with Gasteiger partial charge in [0, 0.05) is 24.2 Å². The number of carbonyl (C=O) groups excluding carboxylic acids is 1. The number of ether oxygens (including phenoxy) is 2. The number of amides is 1. The number of nitro benzene ring substituents is 1. The van der Waals surface area contributed by atoms with Gasteiger partial charge in [-0.1, -0.05) is 13.0 Å². The van der Waals surface area contributed by atoms with Crippen LogP contribution in [0.3, 0.4) is 0 Å². The summed E-state index contributed by atoms with van der Waals surface area (Å²) >= 11 is 0. The number of aromatic nitrogens is 1. The van der Waals surface area contributed by atoms with Gasteiger partial charge >= 0.3 is 0 Å². The molecule has 3 aromatic rings. The average molecular weight is 411 g/mol. The van der Waals surface area contributed by atoms with E-state index in [1.807, 2.05) is 0 Å². The molecule has 0 fully saturated rings. The fourth-order valence-electron chi connectivity index (χ4n) is 3.24. The summed E-state index contributed by atoms with van der Waals surface area (Å²) in [6.45, 7) is 1.69. The third-order valence-electron chi connectivity index (χ3n) is 4.75. The fourth-order valence-corrected chi connectivity index (χ4v) is 3.24. The summed E-state index contributed by atoms with van der Waals surface area (Å²) in [4.78, 5) is 27.5. The SMILES string of the molecule is CCC(=O)N[C@H](c1ccc(OC)c(OC)c1)c1cc([N+](=O)[O-])c2cccnc2c1O. The van der Waals surface area contributed by atoms with Crippen LogP contribution in [-0.4, -0.2) is 35.1 Å². The van der Waals surface area contributed by atoms with E-state index >= 15 is 0 Å². The Balaban J connectivity index is 2.27. The van der Waals surface area contributed by atoms with Crippen LogP contribution in [0.1, 0.15) is 30.5 Å². The molecular formula is C21H21N3O6. The van der Waals surface area contributed by atoms with Crippen molar-refractivity contribution in [2.24, 2.45) is 0 Å². The normalized spacial score (nSPS) is 11.7. The highest BCUT2D eigenvalue weighted by atomic mass is 16.6. The molecule has 3 rings (SSSR count). The smallest absolute Gasteiger partial charge is 0.279 e. The van der Waals surface area contributed by atoms with Crippen LogP contribution in [0, 0.1) is 10.1 Å². The van der Waals surface area contributed by atoms with E-state index in [1.54, 1.807) is 31.2 Å². The zero-order valence-electron chi connectivity index (χ0n) is 16.7. The molecule has 1 heterocycles. The molecule has 0 aliphatic heterocycles. The maximum absolute atomic E-state index is 12.2. The van der Waals surface area contributed by atoms with Crippen LogP contribution in [0.25, 0.3) is 10.9 Å². The van der Waals surface area contributed by atoms with Crippen LogP contribution in [0.15, 0.2) is 42.6 Å². The molecular weight excluding hydrogens is 390 g/mol. The highest BCUT2D eigenvalue weighted by Gasteiger charge is 2.27. The molecule has 0 saturated heterocycles. The van der Waals surface area contributed by atoms with Crippen LogP contribution in [-0.2, 0) is 4.79 Å². The molecule has 0 aliphatic rings. The number of nitrogens with one attached hydrogen (secondary N) is 1. The number of pyridine rings is 1. The second-order valence-electron chi connectivity index (χ2n) is 6.46. The van der Waals surface area contributed by atoms with E-state index in [2.05, 4.69) is 10.3 Å². The number of aromatic hydroxyl groups is 1. The zero-order valence-corrected chi connectivity index (χ0v) is 16.7. The van der Waals surface area contributed by atoms with Gasteiger partial charge in [-0.05, 0) is 29.8 Å². The van der Waals surface area contributed by atoms with Crippen molar-refractivity contribution >= 4 is 22.5 Å². The van der Waals surface area contributed by atoms with E-state index in [4.69, 9.17) is 9.47 Å². The Labute approximate surface area is 172 Å². The summed E-state index contributed by atoms with van der Waals surface area (Å²) < 4.78 is 10.6. The summed E-state index contributed by atoms with van der Waals surface area (Å²) in [6, 6.07) is 8.45. The Morgan fingerprint density at radius 3 is 2.60 bits per heavy atom. The maximum atomic E-state index is 12.2. The third-order valence-corrected chi connectivity index (χ3v) is 4.75. The highest BCUT2D eigenvalue weighted by molar-refractivity contribution is 5.94. The number of non-ortho nitro benzene ring substituents is 1. The summed E-state index contributed by atoms with van der Waals surface area (Å²) in [6.07, 6.45) is 1.63. The molecule has 1 atom stereocenters. The van der Waals surface area contributed by atoms with Gasteiger partial charge in [-0.3, -0.25) is 19.9 Å². The number of phenols is 1. The molecule has 0 saturated carbocycles. The number of phenolic OH excluding ortho intramolecular Hbond substituents is 1. The Morgan fingerprint density at radius 2 is 1.97 bits per heavy atom. The minimum Gasteiger partial charge on any atom is -0.505 e. The lowest BCUT2D eigenvalue weighted by Gasteiger charge is -2.22. The predicted molar refractivity (Wildman–Crippen MR) is 110 cm³/mol. The maximum Gasteiger partial charge on any atom is 0.279 e. The molecule has 0 radical (unpaired) electrons. The van der Waals surface area contributed by atoms with Crippen molar-refractivity contribution in [3.8, 4) is 17.2 Å². The van der Waals surface area contributed by atoms with E-state index in [-0.39, 0.29) is 40.2 Å². The molecule has 2 N–H and O–H groups in total. The number of carbonyl (C=O) groups is 1. The Bertz CT molecular complexity index is 1120. The quantitative estimate of drug-likeness (QED) is 0.450. The van der Waals surface area contributed by atoms with Crippen molar-refractivity contribution in [2.45, 2.75) is 19.4 Å². The van der Waals surface area contributed by atoms with Gasteiger partial charge in [-0.2, -0.15) is 0 Å². The van der Waals surface area contributed by atoms with Crippen molar-refractivity contribution in [3.05, 3.63) is 63.8 Å². The summed E-state index contributed by atoms with van der Waals surface area (Å²) in [7, 11) is 2.97. The monoisotopic (exact) mass is 411 g/mol. The van der Waals surface area contributed by atoms with E-state index in [0.29, 0.717) is 17.1 Å². The largest absolute Gasteiger partial charge is 0.505 e. The Kier molecular flexibility index (Phi) is 6.01. The molecule has 1 amide bonds. The second-order valence-corrected chi connectivity index (χ2v) is 6.46. The lowest BCUT2D eigenvalue weighted by Crippen LogP contribution is -2.28. The van der Waals surface area contributed by atoms with E-state index in [1.165, 1.54) is 32.5 Å². The lowest BCUT2D eigenvalue weighted by molar-refractivity contribution is -0.383. The zero-order chi connectivity index (χ0) is 21.8. The van der Waals surface area contributed by atoms with Gasteiger partial charge in [0.2, 0.25) is 5.91 Å². The summed E-state index contributed by atoms with van der Waals surface area (Å²) in [5, 5.41) is 25.6. The number of rotatable bonds is 7. The van der Waals surface area contributed by atoms with Crippen LogP contribution in [0.2, 0.25) is 0 Å². The topological polar surface area (TPSA) is 124 Å². The van der Waals surface area contributed by atoms with Crippen molar-refractivity contribution in [1.29, 1.82) is 0 Å². The number of hydrogen-bond donors (Lipinski definition) is 2. The van der Waals surface area contributed by atoms with Gasteiger partial charge in [0.25, 0.3) is 5.69 Å². The molecule has 30 heavy (non-hydrogen) atoms. The van der Waals surface area contributed by atoms with Gasteiger partial charge in [0.05, 0.1) is 30.6 Å². The summed E-state index contributed by atoms with van der Waals surface area (Å²) in [5.74, 6) is 0.362. The van der Waals surface area contributed by atoms with Crippen molar-refractivity contribution in [2.75, 3.05) is 14.2 Å². The van der Waals surface area contributed by atoms with E-state index in [0.717, 1.165) is 0 Å². The first-order valence-electron chi connectivity index (χ1n) is 9.17. The molecule has 0 unspecified atom stereocenters. The Morgan fingerprint density at radius 1 is 1.23 bits per heavy atom. The Hall–Kier alpha value is -3.88. The first-order valence-corrected chi connectivity index (χ1v) is 9.17. The highest BCUT2D eigenvalue weighted by Crippen LogP contribution is 2.41. The lowest BCUT2D eigenvalue weighted by atomic mass is 9.94. The minimum absolute atomic E-state index is 0.0814. The van der Waals surface area contributed by atoms with Crippen LogP contribution in [0.4, 0.5) is 5.69 Å². The molecule has 0 spiro atoms. The number of benzene rings is 2.